The molecule has 1 saturated carbocycles. The molecular weight excluding hydrogens is 266 g/mol. The van der Waals surface area contributed by atoms with E-state index in [1.54, 1.807) is 7.11 Å². The molecule has 110 valence electrons. The van der Waals surface area contributed by atoms with E-state index in [4.69, 9.17) is 4.74 Å². The van der Waals surface area contributed by atoms with E-state index in [-0.39, 0.29) is 0 Å². The van der Waals surface area contributed by atoms with E-state index in [9.17, 15) is 0 Å². The summed E-state index contributed by atoms with van der Waals surface area (Å²) in [6, 6.07) is 9.26. The second kappa shape index (κ2) is 5.98. The first-order valence-corrected chi connectivity index (χ1v) is 8.68. The fourth-order valence-corrected chi connectivity index (χ4v) is 4.54. The number of ether oxygens (including phenoxy) is 1. The van der Waals surface area contributed by atoms with Gasteiger partial charge in [-0.3, -0.25) is 0 Å². The molecule has 1 aliphatic heterocycles. The average Bonchev–Trinajstić information content (AvgIpc) is 2.84. The molecule has 0 bridgehead atoms. The Morgan fingerprint density at radius 1 is 1.40 bits per heavy atom. The van der Waals surface area contributed by atoms with Gasteiger partial charge in [-0.25, -0.2) is 0 Å². The van der Waals surface area contributed by atoms with Gasteiger partial charge in [0, 0.05) is 17.3 Å². The predicted molar refractivity (Wildman–Crippen MR) is 86.9 cm³/mol. The highest BCUT2D eigenvalue weighted by atomic mass is 32.2. The van der Waals surface area contributed by atoms with Crippen molar-refractivity contribution in [3.8, 4) is 5.75 Å². The molecule has 3 heteroatoms. The highest BCUT2D eigenvalue weighted by molar-refractivity contribution is 8.00. The summed E-state index contributed by atoms with van der Waals surface area (Å²) < 4.78 is 5.80. The zero-order valence-electron chi connectivity index (χ0n) is 12.5. The molecule has 20 heavy (non-hydrogen) atoms. The fourth-order valence-electron chi connectivity index (χ4n) is 3.29. The lowest BCUT2D eigenvalue weighted by molar-refractivity contribution is 0.282. The van der Waals surface area contributed by atoms with Gasteiger partial charge in [-0.2, -0.15) is 11.8 Å². The molecule has 0 radical (unpaired) electrons. The lowest BCUT2D eigenvalue weighted by Crippen LogP contribution is -2.45. The van der Waals surface area contributed by atoms with Crippen molar-refractivity contribution < 1.29 is 4.74 Å². The van der Waals surface area contributed by atoms with Crippen LogP contribution in [0.15, 0.2) is 24.3 Å². The third kappa shape index (κ3) is 3.15. The molecule has 2 aliphatic rings. The largest absolute Gasteiger partial charge is 0.497 e. The Kier molecular flexibility index (Phi) is 4.27. The average molecular weight is 291 g/mol. The molecule has 1 aromatic carbocycles. The van der Waals surface area contributed by atoms with Crippen LogP contribution in [0.4, 0.5) is 0 Å². The molecule has 2 nitrogen and oxygen atoms in total. The fraction of sp³-hybridized carbons (Fsp3) is 0.647. The van der Waals surface area contributed by atoms with Gasteiger partial charge in [-0.15, -0.1) is 0 Å². The second-order valence-electron chi connectivity index (χ2n) is 6.42. The normalized spacial score (nSPS) is 32.9. The smallest absolute Gasteiger partial charge is 0.119 e. The Labute approximate surface area is 126 Å². The van der Waals surface area contributed by atoms with E-state index in [0.717, 1.165) is 5.75 Å². The second-order valence-corrected chi connectivity index (χ2v) is 8.11. The molecule has 1 atom stereocenters. The summed E-state index contributed by atoms with van der Waals surface area (Å²) in [4.78, 5) is 0. The third-order valence-corrected chi connectivity index (χ3v) is 6.31. The first-order valence-electron chi connectivity index (χ1n) is 7.70. The summed E-state index contributed by atoms with van der Waals surface area (Å²) in [6.07, 6.45) is 5.30. The van der Waals surface area contributed by atoms with Gasteiger partial charge in [-0.1, -0.05) is 12.1 Å². The van der Waals surface area contributed by atoms with Crippen molar-refractivity contribution in [3.05, 3.63) is 29.8 Å². The van der Waals surface area contributed by atoms with Gasteiger partial charge in [0.1, 0.15) is 5.75 Å². The van der Waals surface area contributed by atoms with Crippen LogP contribution in [0.1, 0.15) is 44.1 Å². The predicted octanol–water partition coefficient (Wildman–Crippen LogP) is 3.82. The molecule has 1 aliphatic carbocycles. The summed E-state index contributed by atoms with van der Waals surface area (Å²) in [7, 11) is 1.74. The van der Waals surface area contributed by atoms with Gasteiger partial charge in [0.25, 0.3) is 0 Å². The summed E-state index contributed by atoms with van der Waals surface area (Å²) in [5.41, 5.74) is 1.43. The zero-order chi connectivity index (χ0) is 14.0. The molecule has 0 aromatic heterocycles. The van der Waals surface area contributed by atoms with Crippen LogP contribution >= 0.6 is 11.8 Å². The summed E-state index contributed by atoms with van der Waals surface area (Å²) in [5, 5.41) is 3.78. The van der Waals surface area contributed by atoms with Crippen molar-refractivity contribution in [2.24, 2.45) is 0 Å². The molecule has 1 aromatic rings. The molecular formula is C17H25NOS. The lowest BCUT2D eigenvalue weighted by atomic mass is 9.75. The highest BCUT2D eigenvalue weighted by Gasteiger charge is 2.34. The minimum Gasteiger partial charge on any atom is -0.497 e. The number of benzene rings is 1. The van der Waals surface area contributed by atoms with E-state index < -0.39 is 0 Å². The van der Waals surface area contributed by atoms with Gasteiger partial charge in [0.15, 0.2) is 0 Å². The minimum atomic E-state index is 0.487. The van der Waals surface area contributed by atoms with Gasteiger partial charge >= 0.3 is 0 Å². The highest BCUT2D eigenvalue weighted by Crippen LogP contribution is 2.40. The first-order chi connectivity index (χ1) is 9.68. The monoisotopic (exact) mass is 291 g/mol. The van der Waals surface area contributed by atoms with Crippen molar-refractivity contribution >= 4 is 11.8 Å². The molecule has 1 saturated heterocycles. The zero-order valence-corrected chi connectivity index (χ0v) is 13.3. The Morgan fingerprint density at radius 3 is 2.95 bits per heavy atom. The van der Waals surface area contributed by atoms with E-state index in [0.29, 0.717) is 16.7 Å². The Hall–Kier alpha value is -0.670. The molecule has 3 rings (SSSR count). The number of thioether (sulfide) groups is 1. The molecule has 1 N–H and O–H groups in total. The van der Waals surface area contributed by atoms with Crippen molar-refractivity contribution in [1.82, 2.24) is 5.32 Å². The number of nitrogens with one attached hydrogen (secondary N) is 1. The first kappa shape index (κ1) is 14.3. The molecule has 1 unspecified atom stereocenters. The van der Waals surface area contributed by atoms with Crippen LogP contribution in [0.25, 0.3) is 0 Å². The van der Waals surface area contributed by atoms with Crippen LogP contribution < -0.4 is 10.1 Å². The van der Waals surface area contributed by atoms with Crippen LogP contribution in [-0.4, -0.2) is 30.2 Å². The number of hydrogen-bond donors (Lipinski definition) is 1. The van der Waals surface area contributed by atoms with Gasteiger partial charge < -0.3 is 10.1 Å². The van der Waals surface area contributed by atoms with Crippen LogP contribution in [0.3, 0.4) is 0 Å². The maximum absolute atomic E-state index is 5.31. The molecule has 0 amide bonds. The summed E-state index contributed by atoms with van der Waals surface area (Å²) >= 11 is 2.14. The summed E-state index contributed by atoms with van der Waals surface area (Å²) in [5.74, 6) is 3.04. The number of hydrogen-bond acceptors (Lipinski definition) is 3. The van der Waals surface area contributed by atoms with Crippen molar-refractivity contribution in [1.29, 1.82) is 0 Å². The van der Waals surface area contributed by atoms with Gasteiger partial charge in [0.05, 0.1) is 7.11 Å². The molecule has 1 heterocycles. The van der Waals surface area contributed by atoms with Crippen LogP contribution in [0.2, 0.25) is 0 Å². The lowest BCUT2D eigenvalue weighted by Gasteiger charge is -2.38. The Morgan fingerprint density at radius 2 is 2.25 bits per heavy atom. The SMILES string of the molecule is COc1cccc(C2CC(NCC3(C)CCCS3)C2)c1. The molecule has 2 fully saturated rings. The van der Waals surface area contributed by atoms with Crippen molar-refractivity contribution in [3.63, 3.8) is 0 Å². The van der Waals surface area contributed by atoms with Gasteiger partial charge in [-0.05, 0) is 62.0 Å². The maximum Gasteiger partial charge on any atom is 0.119 e. The van der Waals surface area contributed by atoms with Crippen LogP contribution in [0.5, 0.6) is 5.75 Å². The standard InChI is InChI=1S/C17H25NOS/c1-17(7-4-8-20-17)12-18-15-9-14(10-15)13-5-3-6-16(11-13)19-2/h3,5-6,11,14-15,18H,4,7-10,12H2,1-2H3. The minimum absolute atomic E-state index is 0.487. The third-order valence-electron chi connectivity index (χ3n) is 4.77. The van der Waals surface area contributed by atoms with Crippen LogP contribution in [0, 0.1) is 0 Å². The number of methoxy groups -OCH3 is 1. The van der Waals surface area contributed by atoms with Gasteiger partial charge in [0.2, 0.25) is 0 Å². The topological polar surface area (TPSA) is 21.3 Å². The van der Waals surface area contributed by atoms with E-state index in [1.165, 1.54) is 43.5 Å². The quantitative estimate of drug-likeness (QED) is 0.891. The van der Waals surface area contributed by atoms with E-state index in [2.05, 4.69) is 42.2 Å². The van der Waals surface area contributed by atoms with Crippen LogP contribution in [-0.2, 0) is 0 Å². The Bertz CT molecular complexity index is 450. The number of rotatable bonds is 5. The molecule has 0 spiro atoms. The van der Waals surface area contributed by atoms with Crippen molar-refractivity contribution in [2.75, 3.05) is 19.4 Å². The van der Waals surface area contributed by atoms with E-state index in [1.807, 2.05) is 6.07 Å². The van der Waals surface area contributed by atoms with Crippen molar-refractivity contribution in [2.45, 2.75) is 49.3 Å². The summed E-state index contributed by atoms with van der Waals surface area (Å²) in [6.45, 7) is 3.59. The Balaban J connectivity index is 1.46. The van der Waals surface area contributed by atoms with E-state index >= 15 is 0 Å². The maximum atomic E-state index is 5.31.